The Hall–Kier alpha value is -2.25. The van der Waals surface area contributed by atoms with E-state index in [1.165, 1.54) is 6.07 Å². The topological polar surface area (TPSA) is 75.7 Å². The number of carbonyl (C=O) groups excluding carboxylic acids is 1. The molecule has 8 heteroatoms. The van der Waals surface area contributed by atoms with E-state index in [1.54, 1.807) is 35.2 Å². The van der Waals surface area contributed by atoms with Crippen molar-refractivity contribution in [2.24, 2.45) is 0 Å². The number of anilines is 1. The summed E-state index contributed by atoms with van der Waals surface area (Å²) >= 11 is 6.06. The molecule has 0 saturated carbocycles. The fourth-order valence-corrected chi connectivity index (χ4v) is 4.21. The standard InChI is InChI=1S/C17H17ClN2O4S/c1-12-5-6-16(15(18)9-12)25(22,23)19-14-4-2-3-13(10-14)11-20-7-8-24-17(20)21/h2-6,9-10,19H,7-8,11H2,1H3. The number of cyclic esters (lactones) is 1. The van der Waals surface area contributed by atoms with Crippen molar-refractivity contribution in [2.45, 2.75) is 18.4 Å². The first kappa shape index (κ1) is 17.6. The Morgan fingerprint density at radius 3 is 2.72 bits per heavy atom. The van der Waals surface area contributed by atoms with E-state index in [0.29, 0.717) is 25.4 Å². The second-order valence-electron chi connectivity index (χ2n) is 5.78. The van der Waals surface area contributed by atoms with Crippen LogP contribution >= 0.6 is 11.6 Å². The highest BCUT2D eigenvalue weighted by atomic mass is 35.5. The molecule has 1 aliphatic heterocycles. The summed E-state index contributed by atoms with van der Waals surface area (Å²) < 4.78 is 32.5. The summed E-state index contributed by atoms with van der Waals surface area (Å²) in [6, 6.07) is 11.6. The molecule has 132 valence electrons. The average molecular weight is 381 g/mol. The summed E-state index contributed by atoms with van der Waals surface area (Å²) in [6.07, 6.45) is -0.363. The monoisotopic (exact) mass is 380 g/mol. The predicted molar refractivity (Wildman–Crippen MR) is 95.2 cm³/mol. The third-order valence-corrected chi connectivity index (χ3v) is 5.64. The highest BCUT2D eigenvalue weighted by Crippen LogP contribution is 2.25. The number of aryl methyl sites for hydroxylation is 1. The van der Waals surface area contributed by atoms with E-state index < -0.39 is 10.0 Å². The minimum atomic E-state index is -3.80. The number of rotatable bonds is 5. The zero-order valence-electron chi connectivity index (χ0n) is 13.5. The Kier molecular flexibility index (Phi) is 4.87. The van der Waals surface area contributed by atoms with Gasteiger partial charge in [0.1, 0.15) is 11.5 Å². The highest BCUT2D eigenvalue weighted by Gasteiger charge is 2.22. The number of nitrogens with zero attached hydrogens (tertiary/aromatic N) is 1. The first-order valence-electron chi connectivity index (χ1n) is 7.65. The van der Waals surface area contributed by atoms with E-state index in [2.05, 4.69) is 4.72 Å². The lowest BCUT2D eigenvalue weighted by molar-refractivity contribution is 0.157. The minimum absolute atomic E-state index is 0.0216. The number of ether oxygens (including phenoxy) is 1. The van der Waals surface area contributed by atoms with Gasteiger partial charge in [-0.3, -0.25) is 4.72 Å². The number of benzene rings is 2. The molecule has 25 heavy (non-hydrogen) atoms. The lowest BCUT2D eigenvalue weighted by Gasteiger charge is -2.14. The summed E-state index contributed by atoms with van der Waals surface area (Å²) in [5.74, 6) is 0. The van der Waals surface area contributed by atoms with E-state index in [1.807, 2.05) is 13.0 Å². The van der Waals surface area contributed by atoms with Gasteiger partial charge in [-0.1, -0.05) is 29.8 Å². The molecule has 1 saturated heterocycles. The molecule has 1 aliphatic rings. The molecule has 1 N–H and O–H groups in total. The van der Waals surface area contributed by atoms with Gasteiger partial charge < -0.3 is 9.64 Å². The molecule has 1 fully saturated rings. The molecule has 0 atom stereocenters. The van der Waals surface area contributed by atoms with Crippen LogP contribution in [-0.4, -0.2) is 32.6 Å². The molecule has 2 aromatic carbocycles. The first-order valence-corrected chi connectivity index (χ1v) is 9.51. The van der Waals surface area contributed by atoms with Gasteiger partial charge in [0.25, 0.3) is 10.0 Å². The Bertz CT molecular complexity index is 915. The maximum atomic E-state index is 12.6. The van der Waals surface area contributed by atoms with Crippen LogP contribution in [-0.2, 0) is 21.3 Å². The van der Waals surface area contributed by atoms with Crippen LogP contribution in [0.2, 0.25) is 5.02 Å². The molecule has 6 nitrogen and oxygen atoms in total. The summed E-state index contributed by atoms with van der Waals surface area (Å²) in [5, 5.41) is 0.170. The fourth-order valence-electron chi connectivity index (χ4n) is 2.56. The smallest absolute Gasteiger partial charge is 0.410 e. The van der Waals surface area contributed by atoms with Crippen LogP contribution in [0.25, 0.3) is 0 Å². The molecule has 0 bridgehead atoms. The van der Waals surface area contributed by atoms with E-state index in [9.17, 15) is 13.2 Å². The number of sulfonamides is 1. The van der Waals surface area contributed by atoms with Crippen LogP contribution in [0.3, 0.4) is 0 Å². The molecule has 0 unspecified atom stereocenters. The second-order valence-corrected chi connectivity index (χ2v) is 7.83. The van der Waals surface area contributed by atoms with Gasteiger partial charge in [0.05, 0.1) is 11.6 Å². The third kappa shape index (κ3) is 4.05. The third-order valence-electron chi connectivity index (χ3n) is 3.77. The Labute approximate surface area is 151 Å². The Balaban J connectivity index is 1.80. The Morgan fingerprint density at radius 1 is 1.24 bits per heavy atom. The number of hydrogen-bond acceptors (Lipinski definition) is 4. The highest BCUT2D eigenvalue weighted by molar-refractivity contribution is 7.92. The van der Waals surface area contributed by atoms with Gasteiger partial charge in [0.2, 0.25) is 0 Å². The number of carbonyl (C=O) groups is 1. The summed E-state index contributed by atoms with van der Waals surface area (Å²) in [6.45, 7) is 3.09. The number of hydrogen-bond donors (Lipinski definition) is 1. The van der Waals surface area contributed by atoms with E-state index in [0.717, 1.165) is 11.1 Å². The van der Waals surface area contributed by atoms with E-state index in [-0.39, 0.29) is 16.0 Å². The number of nitrogens with one attached hydrogen (secondary N) is 1. The molecule has 1 heterocycles. The molecule has 2 aromatic rings. The van der Waals surface area contributed by atoms with Crippen molar-refractivity contribution in [3.8, 4) is 0 Å². The van der Waals surface area contributed by atoms with Crippen LogP contribution in [0.1, 0.15) is 11.1 Å². The average Bonchev–Trinajstić information content (AvgIpc) is 2.92. The van der Waals surface area contributed by atoms with Crippen LogP contribution < -0.4 is 4.72 Å². The van der Waals surface area contributed by atoms with Crippen molar-refractivity contribution in [2.75, 3.05) is 17.9 Å². The van der Waals surface area contributed by atoms with Crippen molar-refractivity contribution in [3.05, 3.63) is 58.6 Å². The van der Waals surface area contributed by atoms with Gasteiger partial charge in [-0.2, -0.15) is 0 Å². The van der Waals surface area contributed by atoms with Gasteiger partial charge in [-0.15, -0.1) is 0 Å². The second kappa shape index (κ2) is 6.93. The minimum Gasteiger partial charge on any atom is -0.448 e. The van der Waals surface area contributed by atoms with Crippen molar-refractivity contribution in [1.29, 1.82) is 0 Å². The van der Waals surface area contributed by atoms with E-state index >= 15 is 0 Å². The van der Waals surface area contributed by atoms with Gasteiger partial charge in [-0.05, 0) is 42.3 Å². The van der Waals surface area contributed by atoms with Crippen LogP contribution in [0.4, 0.5) is 10.5 Å². The molecular weight excluding hydrogens is 364 g/mol. The quantitative estimate of drug-likeness (QED) is 0.862. The van der Waals surface area contributed by atoms with Gasteiger partial charge >= 0.3 is 6.09 Å². The van der Waals surface area contributed by atoms with Crippen LogP contribution in [0.15, 0.2) is 47.4 Å². The maximum absolute atomic E-state index is 12.6. The number of halogens is 1. The lowest BCUT2D eigenvalue weighted by atomic mass is 10.2. The molecular formula is C17H17ClN2O4S. The zero-order valence-corrected chi connectivity index (χ0v) is 15.1. The van der Waals surface area contributed by atoms with E-state index in [4.69, 9.17) is 16.3 Å². The Morgan fingerprint density at radius 2 is 2.04 bits per heavy atom. The van der Waals surface area contributed by atoms with Gasteiger partial charge in [0.15, 0.2) is 0 Å². The van der Waals surface area contributed by atoms with Crippen molar-refractivity contribution in [1.82, 2.24) is 4.90 Å². The van der Waals surface area contributed by atoms with Gasteiger partial charge in [-0.25, -0.2) is 13.2 Å². The summed E-state index contributed by atoms with van der Waals surface area (Å²) in [7, 11) is -3.80. The molecule has 0 aliphatic carbocycles. The lowest BCUT2D eigenvalue weighted by Crippen LogP contribution is -2.23. The van der Waals surface area contributed by atoms with Gasteiger partial charge in [0, 0.05) is 12.2 Å². The first-order chi connectivity index (χ1) is 11.8. The SMILES string of the molecule is Cc1ccc(S(=O)(=O)Nc2cccc(CN3CCOC3=O)c2)c(Cl)c1. The van der Waals surface area contributed by atoms with Crippen molar-refractivity contribution < 1.29 is 17.9 Å². The molecule has 0 radical (unpaired) electrons. The normalized spacial score (nSPS) is 14.5. The predicted octanol–water partition coefficient (Wildman–Crippen LogP) is 3.40. The van der Waals surface area contributed by atoms with Crippen LogP contribution in [0.5, 0.6) is 0 Å². The molecule has 3 rings (SSSR count). The van der Waals surface area contributed by atoms with Crippen LogP contribution in [0, 0.1) is 6.92 Å². The molecule has 1 amide bonds. The van der Waals surface area contributed by atoms with Crippen molar-refractivity contribution in [3.63, 3.8) is 0 Å². The number of amides is 1. The fraction of sp³-hybridized carbons (Fsp3) is 0.235. The maximum Gasteiger partial charge on any atom is 0.410 e. The van der Waals surface area contributed by atoms with Crippen molar-refractivity contribution >= 4 is 33.4 Å². The zero-order chi connectivity index (χ0) is 18.0. The summed E-state index contributed by atoms with van der Waals surface area (Å²) in [4.78, 5) is 13.1. The summed E-state index contributed by atoms with van der Waals surface area (Å²) in [5.41, 5.74) is 2.08. The largest absolute Gasteiger partial charge is 0.448 e. The molecule has 0 spiro atoms. The molecule has 0 aromatic heterocycles.